The molecule has 1 N–H and O–H groups in total. The molecule has 0 aromatic carbocycles. The van der Waals surface area contributed by atoms with Crippen molar-refractivity contribution in [3.63, 3.8) is 0 Å². The van der Waals surface area contributed by atoms with E-state index in [0.717, 1.165) is 76.0 Å². The van der Waals surface area contributed by atoms with Crippen LogP contribution < -0.4 is 0 Å². The molecule has 8 nitrogen and oxygen atoms in total. The summed E-state index contributed by atoms with van der Waals surface area (Å²) in [7, 11) is 0. The van der Waals surface area contributed by atoms with Crippen molar-refractivity contribution in [2.45, 2.75) is 44.1 Å². The third-order valence-corrected chi connectivity index (χ3v) is 8.23. The first-order chi connectivity index (χ1) is 15.9. The van der Waals surface area contributed by atoms with Crippen molar-refractivity contribution in [2.24, 2.45) is 10.8 Å². The zero-order chi connectivity index (χ0) is 22.4. The zero-order valence-electron chi connectivity index (χ0n) is 18.4. The lowest BCUT2D eigenvalue weighted by atomic mass is 9.57. The van der Waals surface area contributed by atoms with Crippen molar-refractivity contribution in [1.82, 2.24) is 34.9 Å². The van der Waals surface area contributed by atoms with Crippen molar-refractivity contribution in [3.8, 4) is 0 Å². The number of aromatic amines is 1. The van der Waals surface area contributed by atoms with E-state index in [-0.39, 0.29) is 22.6 Å². The van der Waals surface area contributed by atoms with Gasteiger partial charge in [-0.25, -0.2) is 18.6 Å². The molecule has 2 aromatic rings. The average Bonchev–Trinajstić information content (AvgIpc) is 3.40. The van der Waals surface area contributed by atoms with Crippen LogP contribution in [0.15, 0.2) is 12.3 Å². The van der Waals surface area contributed by atoms with Crippen LogP contribution in [0.4, 0.5) is 13.6 Å². The van der Waals surface area contributed by atoms with Gasteiger partial charge in [-0.3, -0.25) is 15.0 Å². The van der Waals surface area contributed by atoms with Crippen molar-refractivity contribution in [3.05, 3.63) is 41.2 Å². The lowest BCUT2D eigenvalue weighted by Crippen LogP contribution is -2.75. The molecule has 7 rings (SSSR count). The summed E-state index contributed by atoms with van der Waals surface area (Å²) in [4.78, 5) is 27.4. The number of aromatic nitrogens is 4. The summed E-state index contributed by atoms with van der Waals surface area (Å²) in [5, 5.41) is 7.54. The molecule has 2 saturated carbocycles. The molecule has 0 unspecified atom stereocenters. The fourth-order valence-corrected chi connectivity index (χ4v) is 6.42. The minimum Gasteiger partial charge on any atom is -0.323 e. The summed E-state index contributed by atoms with van der Waals surface area (Å²) in [6.45, 7) is 5.22. The summed E-state index contributed by atoms with van der Waals surface area (Å²) in [6, 6.07) is 1.02. The van der Waals surface area contributed by atoms with Crippen LogP contribution in [0.5, 0.6) is 0 Å². The van der Waals surface area contributed by atoms with Crippen LogP contribution in [0.25, 0.3) is 0 Å². The van der Waals surface area contributed by atoms with Crippen LogP contribution in [0.1, 0.15) is 54.9 Å². The average molecular weight is 456 g/mol. The summed E-state index contributed by atoms with van der Waals surface area (Å²) in [5.41, 5.74) is 0.668. The molecule has 0 atom stereocenters. The first kappa shape index (κ1) is 19.8. The number of nitrogens with one attached hydrogen (secondary N) is 1. The number of amides is 2. The van der Waals surface area contributed by atoms with E-state index in [1.54, 1.807) is 0 Å². The van der Waals surface area contributed by atoms with E-state index in [2.05, 4.69) is 20.1 Å². The van der Waals surface area contributed by atoms with E-state index < -0.39 is 11.6 Å². The molecule has 2 spiro atoms. The molecule has 3 aliphatic heterocycles. The second kappa shape index (κ2) is 6.71. The second-order valence-corrected chi connectivity index (χ2v) is 11.2. The molecular weight excluding hydrogens is 428 g/mol. The Morgan fingerprint density at radius 1 is 1.03 bits per heavy atom. The highest BCUT2D eigenvalue weighted by molar-refractivity contribution is 5.77. The number of urea groups is 1. The van der Waals surface area contributed by atoms with E-state index in [0.29, 0.717) is 18.4 Å². The van der Waals surface area contributed by atoms with Crippen molar-refractivity contribution < 1.29 is 13.6 Å². The van der Waals surface area contributed by atoms with Gasteiger partial charge in [0.2, 0.25) is 0 Å². The van der Waals surface area contributed by atoms with Crippen LogP contribution in [0.3, 0.4) is 0 Å². The minimum atomic E-state index is -0.657. The van der Waals surface area contributed by atoms with Gasteiger partial charge in [-0.05, 0) is 25.7 Å². The lowest BCUT2D eigenvalue weighted by molar-refractivity contribution is -0.117. The van der Waals surface area contributed by atoms with Gasteiger partial charge in [0.05, 0.1) is 11.9 Å². The molecule has 2 amide bonds. The number of carbonyl (C=O) groups is 1. The Balaban J connectivity index is 0.856. The number of halogens is 2. The van der Waals surface area contributed by atoms with Crippen LogP contribution in [-0.4, -0.2) is 80.2 Å². The number of likely N-dealkylation sites (tertiary alicyclic amines) is 3. The van der Waals surface area contributed by atoms with Crippen LogP contribution in [-0.2, 0) is 6.54 Å². The maximum atomic E-state index is 13.8. The molecule has 2 aromatic heterocycles. The van der Waals surface area contributed by atoms with E-state index in [9.17, 15) is 13.6 Å². The second-order valence-electron chi connectivity index (χ2n) is 11.2. The Morgan fingerprint density at radius 2 is 1.73 bits per heavy atom. The summed E-state index contributed by atoms with van der Waals surface area (Å²) in [6.07, 6.45) is 5.65. The Hall–Kier alpha value is -2.62. The highest BCUT2D eigenvalue weighted by Gasteiger charge is 2.58. The SMILES string of the molecule is O=C(N1CC2(CC(c3n[nH]c(C4CC4)n3)C2)C1)N1CC2(CN(Cc3ncc(F)cc3F)C2)C1. The van der Waals surface area contributed by atoms with Gasteiger partial charge in [-0.15, -0.1) is 0 Å². The van der Waals surface area contributed by atoms with Crippen LogP contribution in [0.2, 0.25) is 0 Å². The number of hydrogen-bond acceptors (Lipinski definition) is 5. The minimum absolute atomic E-state index is 0.126. The summed E-state index contributed by atoms with van der Waals surface area (Å²) < 4.78 is 26.8. The molecule has 174 valence electrons. The molecule has 0 bridgehead atoms. The maximum absolute atomic E-state index is 13.8. The standard InChI is InChI=1S/C23H27F2N7O/c24-16-3-17(25)18(26-6-16)7-30-8-23(9-30)12-32(13-23)21(33)31-10-22(11-31)4-15(5-22)20-27-19(28-29-20)14-1-2-14/h3,6,14-15H,1-2,4-5,7-13H2,(H,27,28,29). The predicted molar refractivity (Wildman–Crippen MR) is 113 cm³/mol. The van der Waals surface area contributed by atoms with Crippen molar-refractivity contribution in [2.75, 3.05) is 39.3 Å². The number of nitrogens with zero attached hydrogens (tertiary/aromatic N) is 6. The van der Waals surface area contributed by atoms with Gasteiger partial charge in [0, 0.05) is 74.5 Å². The smallest absolute Gasteiger partial charge is 0.320 e. The zero-order valence-corrected chi connectivity index (χ0v) is 18.4. The monoisotopic (exact) mass is 455 g/mol. The summed E-state index contributed by atoms with van der Waals surface area (Å²) >= 11 is 0. The van der Waals surface area contributed by atoms with E-state index in [1.165, 1.54) is 12.8 Å². The molecular formula is C23H27F2N7O. The fourth-order valence-electron chi connectivity index (χ4n) is 6.42. The number of rotatable bonds is 4. The van der Waals surface area contributed by atoms with Gasteiger partial charge >= 0.3 is 6.03 Å². The van der Waals surface area contributed by atoms with E-state index in [4.69, 9.17) is 4.98 Å². The number of H-pyrrole nitrogens is 1. The largest absolute Gasteiger partial charge is 0.323 e. The van der Waals surface area contributed by atoms with Crippen LogP contribution >= 0.6 is 0 Å². The fraction of sp³-hybridized carbons (Fsp3) is 0.652. The topological polar surface area (TPSA) is 81.2 Å². The molecule has 33 heavy (non-hydrogen) atoms. The Labute approximate surface area is 190 Å². The number of hydrogen-bond donors (Lipinski definition) is 1. The maximum Gasteiger partial charge on any atom is 0.320 e. The Morgan fingerprint density at radius 3 is 2.39 bits per heavy atom. The Kier molecular flexibility index (Phi) is 4.03. The highest BCUT2D eigenvalue weighted by Crippen LogP contribution is 2.56. The number of carbonyl (C=O) groups excluding carboxylic acids is 1. The molecule has 3 saturated heterocycles. The van der Waals surface area contributed by atoms with Gasteiger partial charge in [-0.1, -0.05) is 0 Å². The van der Waals surface area contributed by atoms with Crippen molar-refractivity contribution >= 4 is 6.03 Å². The normalized spacial score (nSPS) is 25.5. The van der Waals surface area contributed by atoms with Crippen LogP contribution in [0, 0.1) is 22.5 Å². The van der Waals surface area contributed by atoms with Gasteiger partial charge in [0.15, 0.2) is 5.82 Å². The molecule has 5 fully saturated rings. The van der Waals surface area contributed by atoms with Gasteiger partial charge < -0.3 is 9.80 Å². The van der Waals surface area contributed by atoms with E-state index in [1.807, 2.05) is 9.80 Å². The molecule has 2 aliphatic carbocycles. The molecule has 5 aliphatic rings. The quantitative estimate of drug-likeness (QED) is 0.766. The first-order valence-electron chi connectivity index (χ1n) is 11.9. The molecule has 0 radical (unpaired) electrons. The van der Waals surface area contributed by atoms with Gasteiger partial charge in [0.25, 0.3) is 0 Å². The number of pyridine rings is 1. The third kappa shape index (κ3) is 3.25. The molecule has 5 heterocycles. The van der Waals surface area contributed by atoms with E-state index >= 15 is 0 Å². The van der Waals surface area contributed by atoms with Crippen molar-refractivity contribution in [1.29, 1.82) is 0 Å². The first-order valence-corrected chi connectivity index (χ1v) is 11.9. The summed E-state index contributed by atoms with van der Waals surface area (Å²) in [5.74, 6) is 1.78. The molecule has 10 heteroatoms. The predicted octanol–water partition coefficient (Wildman–Crippen LogP) is 2.47. The van der Waals surface area contributed by atoms with Gasteiger partial charge in [0.1, 0.15) is 17.5 Å². The third-order valence-electron chi connectivity index (χ3n) is 8.23. The lowest BCUT2D eigenvalue weighted by Gasteiger charge is -2.63. The Bertz CT molecular complexity index is 1100. The highest BCUT2D eigenvalue weighted by atomic mass is 19.1. The van der Waals surface area contributed by atoms with Gasteiger partial charge in [-0.2, -0.15) is 5.10 Å².